The third-order valence-electron chi connectivity index (χ3n) is 3.37. The van der Waals surface area contributed by atoms with Crippen molar-refractivity contribution in [2.24, 2.45) is 0 Å². The molecule has 0 aliphatic carbocycles. The quantitative estimate of drug-likeness (QED) is 0.578. The van der Waals surface area contributed by atoms with Crippen molar-refractivity contribution in [2.45, 2.75) is 58.5 Å². The van der Waals surface area contributed by atoms with E-state index in [1.54, 1.807) is 0 Å². The number of ether oxygens (including phenoxy) is 1. The Kier molecular flexibility index (Phi) is 7.31. The molecule has 3 nitrogen and oxygen atoms in total. The molecule has 0 spiro atoms. The summed E-state index contributed by atoms with van der Waals surface area (Å²) >= 11 is 0. The highest BCUT2D eigenvalue weighted by atomic mass is 16.5. The highest BCUT2D eigenvalue weighted by molar-refractivity contribution is 5.69. The first-order valence-corrected chi connectivity index (χ1v) is 7.48. The topological polar surface area (TPSA) is 46.5 Å². The Morgan fingerprint density at radius 3 is 2.35 bits per heavy atom. The Morgan fingerprint density at radius 1 is 1.20 bits per heavy atom. The highest BCUT2D eigenvalue weighted by Crippen LogP contribution is 2.21. The fourth-order valence-corrected chi connectivity index (χ4v) is 1.93. The predicted molar refractivity (Wildman–Crippen MR) is 80.6 cm³/mol. The van der Waals surface area contributed by atoms with Crippen molar-refractivity contribution in [1.29, 1.82) is 0 Å². The van der Waals surface area contributed by atoms with Crippen LogP contribution in [0.1, 0.15) is 69.6 Å². The first kappa shape index (κ1) is 16.7. The van der Waals surface area contributed by atoms with Crippen molar-refractivity contribution >= 4 is 5.97 Å². The van der Waals surface area contributed by atoms with Gasteiger partial charge in [-0.2, -0.15) is 0 Å². The number of aliphatic hydroxyl groups excluding tert-OH is 1. The molecule has 0 bridgehead atoms. The molecule has 0 saturated heterocycles. The van der Waals surface area contributed by atoms with Gasteiger partial charge in [0.25, 0.3) is 0 Å². The maximum atomic E-state index is 11.5. The van der Waals surface area contributed by atoms with Crippen LogP contribution in [0.5, 0.6) is 0 Å². The summed E-state index contributed by atoms with van der Waals surface area (Å²) in [6, 6.07) is 7.93. The lowest BCUT2D eigenvalue weighted by molar-refractivity contribution is -0.144. The molecule has 0 aliphatic rings. The third-order valence-corrected chi connectivity index (χ3v) is 3.37. The van der Waals surface area contributed by atoms with Crippen molar-refractivity contribution in [3.05, 3.63) is 35.4 Å². The van der Waals surface area contributed by atoms with Crippen LogP contribution in [0.3, 0.4) is 0 Å². The van der Waals surface area contributed by atoms with Crippen LogP contribution in [0.4, 0.5) is 0 Å². The van der Waals surface area contributed by atoms with E-state index in [9.17, 15) is 9.90 Å². The van der Waals surface area contributed by atoms with Gasteiger partial charge in [0, 0.05) is 6.42 Å². The van der Waals surface area contributed by atoms with Crippen LogP contribution < -0.4 is 0 Å². The largest absolute Gasteiger partial charge is 0.466 e. The second kappa shape index (κ2) is 8.75. The fourth-order valence-electron chi connectivity index (χ4n) is 1.93. The zero-order chi connectivity index (χ0) is 15.0. The molecule has 1 unspecified atom stereocenters. The van der Waals surface area contributed by atoms with E-state index in [2.05, 4.69) is 20.8 Å². The van der Waals surface area contributed by atoms with Crippen LogP contribution in [-0.4, -0.2) is 17.7 Å². The fraction of sp³-hybridized carbons (Fsp3) is 0.588. The molecular formula is C17H26O3. The van der Waals surface area contributed by atoms with Crippen molar-refractivity contribution in [1.82, 2.24) is 0 Å². The van der Waals surface area contributed by atoms with Crippen molar-refractivity contribution in [3.8, 4) is 0 Å². The molecule has 112 valence electrons. The molecule has 0 amide bonds. The van der Waals surface area contributed by atoms with E-state index in [1.807, 2.05) is 24.3 Å². The van der Waals surface area contributed by atoms with Crippen molar-refractivity contribution in [3.63, 3.8) is 0 Å². The molecule has 0 saturated carbocycles. The van der Waals surface area contributed by atoms with Crippen LogP contribution in [0.15, 0.2) is 24.3 Å². The maximum absolute atomic E-state index is 11.5. The molecule has 1 aromatic rings. The van der Waals surface area contributed by atoms with Crippen LogP contribution in [-0.2, 0) is 9.53 Å². The van der Waals surface area contributed by atoms with E-state index < -0.39 is 6.10 Å². The first-order chi connectivity index (χ1) is 9.54. The molecule has 1 aromatic carbocycles. The monoisotopic (exact) mass is 278 g/mol. The minimum absolute atomic E-state index is 0.226. The zero-order valence-electron chi connectivity index (χ0n) is 12.8. The minimum Gasteiger partial charge on any atom is -0.466 e. The summed E-state index contributed by atoms with van der Waals surface area (Å²) in [5.74, 6) is 0.256. The summed E-state index contributed by atoms with van der Waals surface area (Å²) < 4.78 is 5.07. The van der Waals surface area contributed by atoms with Crippen LogP contribution >= 0.6 is 0 Å². The number of rotatable bonds is 8. The van der Waals surface area contributed by atoms with E-state index >= 15 is 0 Å². The molecule has 0 aliphatic heterocycles. The molecule has 20 heavy (non-hydrogen) atoms. The van der Waals surface area contributed by atoms with Crippen LogP contribution in [0.2, 0.25) is 0 Å². The molecule has 3 heteroatoms. The van der Waals surface area contributed by atoms with Gasteiger partial charge in [-0.05, 0) is 29.9 Å². The maximum Gasteiger partial charge on any atom is 0.305 e. The molecule has 1 rings (SSSR count). The van der Waals surface area contributed by atoms with Gasteiger partial charge in [-0.15, -0.1) is 0 Å². The summed E-state index contributed by atoms with van der Waals surface area (Å²) in [6.45, 7) is 6.81. The Labute approximate surface area is 122 Å². The van der Waals surface area contributed by atoms with Gasteiger partial charge in [0.15, 0.2) is 0 Å². The normalized spacial score (nSPS) is 12.4. The van der Waals surface area contributed by atoms with E-state index in [-0.39, 0.29) is 12.4 Å². The van der Waals surface area contributed by atoms with Gasteiger partial charge in [-0.1, -0.05) is 51.5 Å². The number of hydrogen-bond donors (Lipinski definition) is 1. The van der Waals surface area contributed by atoms with E-state index in [4.69, 9.17) is 4.74 Å². The molecule has 1 N–H and O–H groups in total. The van der Waals surface area contributed by atoms with Gasteiger partial charge < -0.3 is 9.84 Å². The Hall–Kier alpha value is -1.35. The molecular weight excluding hydrogens is 252 g/mol. The number of carbonyl (C=O) groups excluding carboxylic acids is 1. The molecule has 0 fully saturated rings. The van der Waals surface area contributed by atoms with Gasteiger partial charge in [-0.3, -0.25) is 4.79 Å². The first-order valence-electron chi connectivity index (χ1n) is 7.48. The molecule has 0 radical (unpaired) electrons. The molecule has 0 aromatic heterocycles. The van der Waals surface area contributed by atoms with Crippen LogP contribution in [0, 0.1) is 0 Å². The SMILES string of the molecule is CCCCOC(=O)CCC(O)c1ccc(C(C)C)cc1. The van der Waals surface area contributed by atoms with Gasteiger partial charge in [0.1, 0.15) is 0 Å². The van der Waals surface area contributed by atoms with E-state index in [1.165, 1.54) is 5.56 Å². The van der Waals surface area contributed by atoms with Crippen molar-refractivity contribution in [2.75, 3.05) is 6.61 Å². The Morgan fingerprint density at radius 2 is 1.80 bits per heavy atom. The summed E-state index contributed by atoms with van der Waals surface area (Å²) in [4.78, 5) is 11.5. The second-order valence-corrected chi connectivity index (χ2v) is 5.45. The van der Waals surface area contributed by atoms with E-state index in [0.717, 1.165) is 18.4 Å². The number of unbranched alkanes of at least 4 members (excludes halogenated alkanes) is 1. The van der Waals surface area contributed by atoms with Gasteiger partial charge >= 0.3 is 5.97 Å². The lowest BCUT2D eigenvalue weighted by Gasteiger charge is -2.12. The summed E-state index contributed by atoms with van der Waals surface area (Å²) in [5.41, 5.74) is 2.11. The predicted octanol–water partition coefficient (Wildman–Crippen LogP) is 3.97. The lowest BCUT2D eigenvalue weighted by atomic mass is 9.98. The van der Waals surface area contributed by atoms with Crippen LogP contribution in [0.25, 0.3) is 0 Å². The summed E-state index contributed by atoms with van der Waals surface area (Å²) in [5, 5.41) is 10.1. The molecule has 1 atom stereocenters. The number of benzene rings is 1. The zero-order valence-corrected chi connectivity index (χ0v) is 12.8. The van der Waals surface area contributed by atoms with Gasteiger partial charge in [0.05, 0.1) is 12.7 Å². The minimum atomic E-state index is -0.602. The van der Waals surface area contributed by atoms with Gasteiger partial charge in [0.2, 0.25) is 0 Å². The van der Waals surface area contributed by atoms with Gasteiger partial charge in [-0.25, -0.2) is 0 Å². The number of aliphatic hydroxyl groups is 1. The smallest absolute Gasteiger partial charge is 0.305 e. The number of esters is 1. The summed E-state index contributed by atoms with van der Waals surface area (Å²) in [6.07, 6.45) is 1.97. The standard InChI is InChI=1S/C17H26O3/c1-4-5-12-20-17(19)11-10-16(18)15-8-6-14(7-9-15)13(2)3/h6-9,13,16,18H,4-5,10-12H2,1-3H3. The number of hydrogen-bond acceptors (Lipinski definition) is 3. The average Bonchev–Trinajstić information content (AvgIpc) is 2.45. The Balaban J connectivity index is 2.38. The van der Waals surface area contributed by atoms with E-state index in [0.29, 0.717) is 18.9 Å². The second-order valence-electron chi connectivity index (χ2n) is 5.45. The highest BCUT2D eigenvalue weighted by Gasteiger charge is 2.11. The summed E-state index contributed by atoms with van der Waals surface area (Å²) in [7, 11) is 0. The third kappa shape index (κ3) is 5.74. The lowest BCUT2D eigenvalue weighted by Crippen LogP contribution is -2.08. The Bertz CT molecular complexity index is 395. The van der Waals surface area contributed by atoms with Crippen molar-refractivity contribution < 1.29 is 14.6 Å². The average molecular weight is 278 g/mol. The number of carbonyl (C=O) groups is 1. The molecule has 0 heterocycles.